The van der Waals surface area contributed by atoms with Gasteiger partial charge >= 0.3 is 0 Å². The largest absolute Gasteiger partial charge is 0.378 e. The molecule has 0 aliphatic carbocycles. The molecule has 1 amide bonds. The van der Waals surface area contributed by atoms with Gasteiger partial charge in [-0.05, 0) is 44.3 Å². The van der Waals surface area contributed by atoms with E-state index in [0.717, 1.165) is 5.56 Å². The lowest BCUT2D eigenvalue weighted by Gasteiger charge is -2.26. The second-order valence-corrected chi connectivity index (χ2v) is 6.94. The molecule has 134 valence electrons. The fourth-order valence-electron chi connectivity index (χ4n) is 2.87. The highest BCUT2D eigenvalue weighted by atomic mass is 16.1. The molecule has 0 aliphatic rings. The van der Waals surface area contributed by atoms with E-state index in [1.165, 1.54) is 16.8 Å². The molecular formula is C21H29N3O. The molecule has 0 spiro atoms. The summed E-state index contributed by atoms with van der Waals surface area (Å²) in [6.07, 6.45) is 0.418. The van der Waals surface area contributed by atoms with Crippen LogP contribution in [-0.2, 0) is 11.2 Å². The van der Waals surface area contributed by atoms with Crippen LogP contribution in [0.15, 0.2) is 48.5 Å². The lowest BCUT2D eigenvalue weighted by Crippen LogP contribution is -2.35. The Hall–Kier alpha value is -2.33. The molecule has 0 saturated carbocycles. The Kier molecular flexibility index (Phi) is 6.59. The molecule has 0 saturated heterocycles. The molecule has 0 unspecified atom stereocenters. The monoisotopic (exact) mass is 339 g/mol. The molecule has 25 heavy (non-hydrogen) atoms. The van der Waals surface area contributed by atoms with Crippen molar-refractivity contribution < 1.29 is 4.79 Å². The van der Waals surface area contributed by atoms with E-state index >= 15 is 0 Å². The van der Waals surface area contributed by atoms with Gasteiger partial charge in [0.1, 0.15) is 0 Å². The van der Waals surface area contributed by atoms with Crippen LogP contribution in [0.2, 0.25) is 0 Å². The molecule has 4 heteroatoms. The zero-order chi connectivity index (χ0) is 18.4. The number of nitrogens with one attached hydrogen (secondary N) is 1. The summed E-state index contributed by atoms with van der Waals surface area (Å²) in [5.74, 6) is 0.0577. The van der Waals surface area contributed by atoms with Crippen LogP contribution >= 0.6 is 0 Å². The molecule has 2 aromatic carbocycles. The number of hydrogen-bond donors (Lipinski definition) is 1. The van der Waals surface area contributed by atoms with Gasteiger partial charge in [-0.15, -0.1) is 0 Å². The van der Waals surface area contributed by atoms with Crippen molar-refractivity contribution >= 4 is 11.6 Å². The molecule has 4 nitrogen and oxygen atoms in total. The maximum atomic E-state index is 12.3. The highest BCUT2D eigenvalue weighted by Crippen LogP contribution is 2.21. The number of carbonyl (C=O) groups is 1. The van der Waals surface area contributed by atoms with E-state index in [4.69, 9.17) is 0 Å². The summed E-state index contributed by atoms with van der Waals surface area (Å²) in [4.78, 5) is 16.5. The van der Waals surface area contributed by atoms with Gasteiger partial charge in [-0.2, -0.15) is 0 Å². The third kappa shape index (κ3) is 5.61. The van der Waals surface area contributed by atoms with Gasteiger partial charge in [-0.25, -0.2) is 0 Å². The molecular weight excluding hydrogens is 310 g/mol. The third-order valence-electron chi connectivity index (χ3n) is 4.36. The summed E-state index contributed by atoms with van der Waals surface area (Å²) < 4.78 is 0. The van der Waals surface area contributed by atoms with Crippen LogP contribution in [-0.4, -0.2) is 45.5 Å². The minimum absolute atomic E-state index is 0.0577. The predicted octanol–water partition coefficient (Wildman–Crippen LogP) is 3.02. The molecule has 0 aliphatic heterocycles. The van der Waals surface area contributed by atoms with E-state index in [1.54, 1.807) is 0 Å². The topological polar surface area (TPSA) is 35.6 Å². The van der Waals surface area contributed by atoms with E-state index in [9.17, 15) is 4.79 Å². The quantitative estimate of drug-likeness (QED) is 0.842. The Labute approximate surface area is 151 Å². The highest BCUT2D eigenvalue weighted by Gasteiger charge is 2.15. The van der Waals surface area contributed by atoms with Crippen molar-refractivity contribution in [1.82, 2.24) is 10.2 Å². The van der Waals surface area contributed by atoms with Crippen LogP contribution in [0.4, 0.5) is 5.69 Å². The van der Waals surface area contributed by atoms with Crippen molar-refractivity contribution in [2.24, 2.45) is 0 Å². The van der Waals surface area contributed by atoms with E-state index < -0.39 is 0 Å². The average Bonchev–Trinajstić information content (AvgIpc) is 2.55. The average molecular weight is 339 g/mol. The van der Waals surface area contributed by atoms with E-state index in [2.05, 4.69) is 45.4 Å². The van der Waals surface area contributed by atoms with Crippen molar-refractivity contribution in [3.8, 4) is 0 Å². The maximum Gasteiger partial charge on any atom is 0.224 e. The molecule has 0 bridgehead atoms. The Bertz CT molecular complexity index is 693. The lowest BCUT2D eigenvalue weighted by atomic mass is 10.0. The summed E-state index contributed by atoms with van der Waals surface area (Å²) in [5.41, 5.74) is 4.60. The Morgan fingerprint density at radius 2 is 1.72 bits per heavy atom. The summed E-state index contributed by atoms with van der Waals surface area (Å²) in [7, 11) is 8.14. The van der Waals surface area contributed by atoms with Gasteiger partial charge in [0.05, 0.1) is 12.5 Å². The lowest BCUT2D eigenvalue weighted by molar-refractivity contribution is -0.120. The Morgan fingerprint density at radius 1 is 1.04 bits per heavy atom. The van der Waals surface area contributed by atoms with Crippen molar-refractivity contribution in [1.29, 1.82) is 0 Å². The second kappa shape index (κ2) is 8.67. The van der Waals surface area contributed by atoms with Crippen molar-refractivity contribution in [3.63, 3.8) is 0 Å². The SMILES string of the molecule is Cc1cccc(CC(=O)NC[C@H](c2ccc(N(C)C)cc2)N(C)C)c1. The number of hydrogen-bond acceptors (Lipinski definition) is 3. The molecule has 1 N–H and O–H groups in total. The summed E-state index contributed by atoms with van der Waals surface area (Å²) >= 11 is 0. The van der Waals surface area contributed by atoms with Crippen molar-refractivity contribution in [2.75, 3.05) is 39.6 Å². The normalized spacial score (nSPS) is 12.1. The zero-order valence-electron chi connectivity index (χ0n) is 15.9. The predicted molar refractivity (Wildman–Crippen MR) is 105 cm³/mol. The molecule has 0 radical (unpaired) electrons. The van der Waals surface area contributed by atoms with Crippen molar-refractivity contribution in [3.05, 3.63) is 65.2 Å². The van der Waals surface area contributed by atoms with E-state index in [1.807, 2.05) is 53.3 Å². The third-order valence-corrected chi connectivity index (χ3v) is 4.36. The van der Waals surface area contributed by atoms with E-state index in [0.29, 0.717) is 13.0 Å². The number of nitrogens with zero attached hydrogens (tertiary/aromatic N) is 2. The van der Waals surface area contributed by atoms with Gasteiger partial charge in [-0.1, -0.05) is 42.0 Å². The van der Waals surface area contributed by atoms with Crippen LogP contribution in [0.3, 0.4) is 0 Å². The highest BCUT2D eigenvalue weighted by molar-refractivity contribution is 5.78. The number of anilines is 1. The number of rotatable bonds is 7. The van der Waals surface area contributed by atoms with Gasteiger partial charge < -0.3 is 15.1 Å². The van der Waals surface area contributed by atoms with Crippen LogP contribution < -0.4 is 10.2 Å². The minimum Gasteiger partial charge on any atom is -0.378 e. The van der Waals surface area contributed by atoms with Crippen molar-refractivity contribution in [2.45, 2.75) is 19.4 Å². The second-order valence-electron chi connectivity index (χ2n) is 6.94. The first kappa shape index (κ1) is 19.0. The van der Waals surface area contributed by atoms with Crippen LogP contribution in [0, 0.1) is 6.92 Å². The van der Waals surface area contributed by atoms with Crippen LogP contribution in [0.25, 0.3) is 0 Å². The number of carbonyl (C=O) groups excluding carboxylic acids is 1. The van der Waals surface area contributed by atoms with Gasteiger partial charge in [0.15, 0.2) is 0 Å². The number of likely N-dealkylation sites (N-methyl/N-ethyl adjacent to an activating group) is 1. The summed E-state index contributed by atoms with van der Waals surface area (Å²) in [5, 5.41) is 3.08. The zero-order valence-corrected chi connectivity index (χ0v) is 15.9. The number of benzene rings is 2. The molecule has 2 aromatic rings. The van der Waals surface area contributed by atoms with Gasteiger partial charge in [0.2, 0.25) is 5.91 Å². The molecule has 2 rings (SSSR count). The molecule has 0 fully saturated rings. The first-order valence-corrected chi connectivity index (χ1v) is 8.63. The van der Waals surface area contributed by atoms with Crippen LogP contribution in [0.1, 0.15) is 22.7 Å². The maximum absolute atomic E-state index is 12.3. The smallest absolute Gasteiger partial charge is 0.224 e. The van der Waals surface area contributed by atoms with E-state index in [-0.39, 0.29) is 11.9 Å². The number of amides is 1. The molecule has 0 heterocycles. The Balaban J connectivity index is 1.98. The first-order chi connectivity index (χ1) is 11.9. The standard InChI is InChI=1S/C21H29N3O/c1-16-7-6-8-17(13-16)14-21(25)22-15-20(24(4)5)18-9-11-19(12-10-18)23(2)3/h6-13,20H,14-15H2,1-5H3,(H,22,25)/t20-/m1/s1. The summed E-state index contributed by atoms with van der Waals surface area (Å²) in [6, 6.07) is 16.7. The van der Waals surface area contributed by atoms with Gasteiger partial charge in [-0.3, -0.25) is 4.79 Å². The van der Waals surface area contributed by atoms with Gasteiger partial charge in [0.25, 0.3) is 0 Å². The molecule has 0 aromatic heterocycles. The first-order valence-electron chi connectivity index (χ1n) is 8.63. The number of aryl methyl sites for hydroxylation is 1. The Morgan fingerprint density at radius 3 is 2.28 bits per heavy atom. The van der Waals surface area contributed by atoms with Crippen LogP contribution in [0.5, 0.6) is 0 Å². The fraction of sp³-hybridized carbons (Fsp3) is 0.381. The summed E-state index contributed by atoms with van der Waals surface area (Å²) in [6.45, 7) is 2.64. The fourth-order valence-corrected chi connectivity index (χ4v) is 2.87. The minimum atomic E-state index is 0.0577. The molecule has 1 atom stereocenters. The van der Waals surface area contributed by atoms with Gasteiger partial charge in [0, 0.05) is 26.3 Å².